The van der Waals surface area contributed by atoms with Gasteiger partial charge in [-0.1, -0.05) is 32.4 Å². The molecule has 3 heteroatoms. The van der Waals surface area contributed by atoms with E-state index >= 15 is 0 Å². The Morgan fingerprint density at radius 2 is 1.95 bits per heavy atom. The van der Waals surface area contributed by atoms with Gasteiger partial charge in [0.15, 0.2) is 0 Å². The van der Waals surface area contributed by atoms with Crippen LogP contribution in [0.25, 0.3) is 0 Å². The van der Waals surface area contributed by atoms with Crippen molar-refractivity contribution < 1.29 is 4.39 Å². The van der Waals surface area contributed by atoms with Crippen LogP contribution in [0.15, 0.2) is 24.3 Å². The molecule has 2 atom stereocenters. The number of rotatable bonds is 10. The molecule has 1 rings (SSSR count). The predicted molar refractivity (Wildman–Crippen MR) is 89.1 cm³/mol. The molecule has 0 radical (unpaired) electrons. The monoisotopic (exact) mass is 294 g/mol. The van der Waals surface area contributed by atoms with E-state index in [-0.39, 0.29) is 11.9 Å². The molecule has 0 saturated heterocycles. The third-order valence-electron chi connectivity index (χ3n) is 4.12. The van der Waals surface area contributed by atoms with E-state index in [2.05, 4.69) is 38.0 Å². The molecule has 0 saturated carbocycles. The highest BCUT2D eigenvalue weighted by Gasteiger charge is 2.14. The van der Waals surface area contributed by atoms with Crippen LogP contribution in [-0.2, 0) is 0 Å². The zero-order chi connectivity index (χ0) is 15.7. The van der Waals surface area contributed by atoms with Crippen LogP contribution in [0.2, 0.25) is 0 Å². The molecule has 0 aliphatic rings. The first-order valence-corrected chi connectivity index (χ1v) is 8.27. The van der Waals surface area contributed by atoms with Gasteiger partial charge in [-0.2, -0.15) is 0 Å². The molecule has 0 spiro atoms. The van der Waals surface area contributed by atoms with Gasteiger partial charge in [0.1, 0.15) is 5.82 Å². The van der Waals surface area contributed by atoms with Crippen LogP contribution in [0.3, 0.4) is 0 Å². The normalized spacial score (nSPS) is 14.4. The first kappa shape index (κ1) is 18.1. The van der Waals surface area contributed by atoms with Gasteiger partial charge in [-0.25, -0.2) is 4.39 Å². The lowest BCUT2D eigenvalue weighted by Crippen LogP contribution is -2.33. The summed E-state index contributed by atoms with van der Waals surface area (Å²) in [6.45, 7) is 8.66. The lowest BCUT2D eigenvalue weighted by molar-refractivity contribution is 0.231. The molecule has 1 N–H and O–H groups in total. The molecule has 2 unspecified atom stereocenters. The highest BCUT2D eigenvalue weighted by atomic mass is 19.1. The molecule has 120 valence electrons. The van der Waals surface area contributed by atoms with Crippen LogP contribution in [0.1, 0.15) is 58.1 Å². The number of halogens is 1. The maximum absolute atomic E-state index is 13.4. The van der Waals surface area contributed by atoms with E-state index in [0.717, 1.165) is 31.5 Å². The second-order valence-corrected chi connectivity index (χ2v) is 5.97. The SMILES string of the molecule is CCCNC(CCN(C)C(C)CCC)c1cccc(F)c1. The zero-order valence-electron chi connectivity index (χ0n) is 14.0. The third kappa shape index (κ3) is 6.58. The van der Waals surface area contributed by atoms with E-state index < -0.39 is 0 Å². The van der Waals surface area contributed by atoms with Gasteiger partial charge in [0.2, 0.25) is 0 Å². The number of hydrogen-bond donors (Lipinski definition) is 1. The Kier molecular flexibility index (Phi) is 8.55. The average molecular weight is 294 g/mol. The van der Waals surface area contributed by atoms with Gasteiger partial charge in [0.05, 0.1) is 0 Å². The van der Waals surface area contributed by atoms with E-state index in [9.17, 15) is 4.39 Å². The maximum atomic E-state index is 13.4. The van der Waals surface area contributed by atoms with E-state index in [1.807, 2.05) is 6.07 Å². The Morgan fingerprint density at radius 3 is 2.57 bits per heavy atom. The first-order valence-electron chi connectivity index (χ1n) is 8.27. The Balaban J connectivity index is 2.62. The van der Waals surface area contributed by atoms with Gasteiger partial charge in [-0.3, -0.25) is 0 Å². The Morgan fingerprint density at radius 1 is 1.19 bits per heavy atom. The van der Waals surface area contributed by atoms with Crippen molar-refractivity contribution in [3.8, 4) is 0 Å². The van der Waals surface area contributed by atoms with Gasteiger partial charge in [0.25, 0.3) is 0 Å². The lowest BCUT2D eigenvalue weighted by atomic mass is 10.0. The molecular formula is C18H31FN2. The van der Waals surface area contributed by atoms with Crippen molar-refractivity contribution in [2.75, 3.05) is 20.1 Å². The molecule has 0 aliphatic heterocycles. The molecule has 0 amide bonds. The largest absolute Gasteiger partial charge is 0.310 e. The molecule has 0 fully saturated rings. The molecule has 21 heavy (non-hydrogen) atoms. The van der Waals surface area contributed by atoms with Crippen LogP contribution in [-0.4, -0.2) is 31.1 Å². The van der Waals surface area contributed by atoms with Crippen LogP contribution in [0.5, 0.6) is 0 Å². The van der Waals surface area contributed by atoms with Crippen LogP contribution in [0, 0.1) is 5.82 Å². The number of nitrogens with zero attached hydrogens (tertiary/aromatic N) is 1. The van der Waals surface area contributed by atoms with Crippen LogP contribution >= 0.6 is 0 Å². The summed E-state index contributed by atoms with van der Waals surface area (Å²) in [6, 6.07) is 7.82. The molecule has 0 bridgehead atoms. The molecule has 0 aliphatic carbocycles. The number of nitrogens with one attached hydrogen (secondary N) is 1. The van der Waals surface area contributed by atoms with Crippen molar-refractivity contribution in [3.63, 3.8) is 0 Å². The van der Waals surface area contributed by atoms with Crippen molar-refractivity contribution in [2.45, 2.75) is 58.5 Å². The summed E-state index contributed by atoms with van der Waals surface area (Å²) in [6.07, 6.45) is 4.54. The smallest absolute Gasteiger partial charge is 0.123 e. The molecule has 0 heterocycles. The predicted octanol–water partition coefficient (Wildman–Crippen LogP) is 4.38. The molecular weight excluding hydrogens is 263 g/mol. The first-order chi connectivity index (χ1) is 10.1. The molecule has 2 nitrogen and oxygen atoms in total. The summed E-state index contributed by atoms with van der Waals surface area (Å²) in [4.78, 5) is 2.41. The van der Waals surface area contributed by atoms with Crippen molar-refractivity contribution in [1.29, 1.82) is 0 Å². The van der Waals surface area contributed by atoms with E-state index in [1.165, 1.54) is 18.9 Å². The summed E-state index contributed by atoms with van der Waals surface area (Å²) in [5.74, 6) is -0.150. The topological polar surface area (TPSA) is 15.3 Å². The van der Waals surface area contributed by atoms with Gasteiger partial charge < -0.3 is 10.2 Å². The third-order valence-corrected chi connectivity index (χ3v) is 4.12. The fourth-order valence-electron chi connectivity index (χ4n) is 2.62. The van der Waals surface area contributed by atoms with E-state index in [1.54, 1.807) is 12.1 Å². The summed E-state index contributed by atoms with van der Waals surface area (Å²) in [7, 11) is 2.18. The molecule has 1 aromatic rings. The second kappa shape index (κ2) is 9.91. The minimum Gasteiger partial charge on any atom is -0.310 e. The minimum absolute atomic E-state index is 0.150. The minimum atomic E-state index is -0.150. The van der Waals surface area contributed by atoms with Gasteiger partial charge in [-0.15, -0.1) is 0 Å². The highest BCUT2D eigenvalue weighted by molar-refractivity contribution is 5.20. The van der Waals surface area contributed by atoms with Gasteiger partial charge in [-0.05, 0) is 64.0 Å². The van der Waals surface area contributed by atoms with Crippen molar-refractivity contribution in [1.82, 2.24) is 10.2 Å². The Labute approximate surface area is 129 Å². The summed E-state index contributed by atoms with van der Waals surface area (Å²) in [5.41, 5.74) is 1.06. The van der Waals surface area contributed by atoms with E-state index in [0.29, 0.717) is 6.04 Å². The van der Waals surface area contributed by atoms with Gasteiger partial charge in [0, 0.05) is 12.1 Å². The van der Waals surface area contributed by atoms with Crippen molar-refractivity contribution >= 4 is 0 Å². The summed E-state index contributed by atoms with van der Waals surface area (Å²) in [5, 5.41) is 3.55. The highest BCUT2D eigenvalue weighted by Crippen LogP contribution is 2.19. The van der Waals surface area contributed by atoms with Crippen molar-refractivity contribution in [3.05, 3.63) is 35.6 Å². The number of benzene rings is 1. The van der Waals surface area contributed by atoms with E-state index in [4.69, 9.17) is 0 Å². The lowest BCUT2D eigenvalue weighted by Gasteiger charge is -2.27. The van der Waals surface area contributed by atoms with Crippen LogP contribution in [0.4, 0.5) is 4.39 Å². The standard InChI is InChI=1S/C18H31FN2/c1-5-8-15(3)21(4)13-11-18(20-12-6-2)16-9-7-10-17(19)14-16/h7,9-10,14-15,18,20H,5-6,8,11-13H2,1-4H3. The molecule has 1 aromatic carbocycles. The Bertz CT molecular complexity index is 395. The summed E-state index contributed by atoms with van der Waals surface area (Å²) < 4.78 is 13.4. The quantitative estimate of drug-likeness (QED) is 0.689. The van der Waals surface area contributed by atoms with Crippen molar-refractivity contribution in [2.24, 2.45) is 0 Å². The van der Waals surface area contributed by atoms with Gasteiger partial charge >= 0.3 is 0 Å². The Hall–Kier alpha value is -0.930. The average Bonchev–Trinajstić information content (AvgIpc) is 2.47. The molecule has 0 aromatic heterocycles. The number of hydrogen-bond acceptors (Lipinski definition) is 2. The summed E-state index contributed by atoms with van der Waals surface area (Å²) >= 11 is 0. The zero-order valence-corrected chi connectivity index (χ0v) is 14.0. The fraction of sp³-hybridized carbons (Fsp3) is 0.667. The maximum Gasteiger partial charge on any atom is 0.123 e. The second-order valence-electron chi connectivity index (χ2n) is 5.97. The fourth-order valence-corrected chi connectivity index (χ4v) is 2.62. The van der Waals surface area contributed by atoms with Crippen LogP contribution < -0.4 is 5.32 Å².